The third-order valence-electron chi connectivity index (χ3n) is 4.29. The van der Waals surface area contributed by atoms with E-state index in [0.29, 0.717) is 0 Å². The first-order chi connectivity index (χ1) is 13.9. The molecule has 10 nitrogen and oxygen atoms in total. The van der Waals surface area contributed by atoms with Crippen molar-refractivity contribution in [1.29, 1.82) is 0 Å². The molecule has 0 saturated carbocycles. The van der Waals surface area contributed by atoms with Crippen LogP contribution in [0.25, 0.3) is 0 Å². The summed E-state index contributed by atoms with van der Waals surface area (Å²) in [6, 6.07) is 13.6. The lowest BCUT2D eigenvalue weighted by molar-refractivity contribution is -0.832. The molecule has 0 atom stereocenters. The summed E-state index contributed by atoms with van der Waals surface area (Å²) in [6.07, 6.45) is 0. The van der Waals surface area contributed by atoms with Crippen molar-refractivity contribution >= 4 is 21.7 Å². The summed E-state index contributed by atoms with van der Waals surface area (Å²) in [4.78, 5) is 25.2. The Balaban J connectivity index is 1.52. The van der Waals surface area contributed by atoms with Crippen molar-refractivity contribution in [3.8, 4) is 5.88 Å². The highest BCUT2D eigenvalue weighted by Gasteiger charge is 2.37. The molecule has 0 radical (unpaired) electrons. The summed E-state index contributed by atoms with van der Waals surface area (Å²) in [5, 5.41) is 14.4. The standard InChI is InChI=1S/C18H13N3O7S/c22-16-13-8-4-5-9-14(13)17(23)20(16)10-11-27-15-18(21(24)28-19-15)29(25,26)12-6-2-1-3-7-12/h1-9H,10-11H2. The Hall–Kier alpha value is -3.73. The summed E-state index contributed by atoms with van der Waals surface area (Å²) >= 11 is 0. The molecule has 11 heteroatoms. The van der Waals surface area contributed by atoms with Crippen LogP contribution in [0, 0.1) is 5.21 Å². The smallest absolute Gasteiger partial charge is 0.415 e. The number of hydrogen-bond donors (Lipinski definition) is 0. The average molecular weight is 415 g/mol. The van der Waals surface area contributed by atoms with E-state index in [1.165, 1.54) is 24.3 Å². The van der Waals surface area contributed by atoms with Gasteiger partial charge in [0.15, 0.2) is 0 Å². The molecule has 2 amide bonds. The van der Waals surface area contributed by atoms with E-state index in [2.05, 4.69) is 9.79 Å². The van der Waals surface area contributed by atoms with Crippen LogP contribution in [0.5, 0.6) is 5.88 Å². The van der Waals surface area contributed by atoms with Gasteiger partial charge in [0, 0.05) is 0 Å². The molecule has 1 aliphatic rings. The van der Waals surface area contributed by atoms with Crippen molar-refractivity contribution in [3.05, 3.63) is 70.9 Å². The van der Waals surface area contributed by atoms with Gasteiger partial charge in [-0.05, 0) is 29.2 Å². The zero-order chi connectivity index (χ0) is 20.6. The SMILES string of the molecule is O=C1c2ccccc2C(=O)N1CCOc1no[n+]([O-])c1S(=O)(=O)c1ccccc1. The number of amides is 2. The monoisotopic (exact) mass is 415 g/mol. The second-order valence-corrected chi connectivity index (χ2v) is 7.88. The van der Waals surface area contributed by atoms with Gasteiger partial charge in [-0.15, -0.1) is 0 Å². The lowest BCUT2D eigenvalue weighted by Gasteiger charge is -2.12. The van der Waals surface area contributed by atoms with Crippen molar-refractivity contribution < 1.29 is 32.3 Å². The van der Waals surface area contributed by atoms with E-state index < -0.39 is 32.6 Å². The summed E-state index contributed by atoms with van der Waals surface area (Å²) in [5.74, 6) is -1.52. The highest BCUT2D eigenvalue weighted by atomic mass is 32.2. The van der Waals surface area contributed by atoms with Gasteiger partial charge >= 0.3 is 10.9 Å². The molecular formula is C18H13N3O7S. The van der Waals surface area contributed by atoms with Crippen molar-refractivity contribution in [2.24, 2.45) is 0 Å². The zero-order valence-corrected chi connectivity index (χ0v) is 15.5. The largest absolute Gasteiger partial charge is 0.453 e. The minimum Gasteiger partial charge on any atom is -0.453 e. The molecular weight excluding hydrogens is 402 g/mol. The highest BCUT2D eigenvalue weighted by molar-refractivity contribution is 7.91. The number of rotatable bonds is 6. The van der Waals surface area contributed by atoms with Crippen LogP contribution < -0.4 is 9.64 Å². The minimum absolute atomic E-state index is 0.141. The van der Waals surface area contributed by atoms with Gasteiger partial charge in [-0.25, -0.2) is 8.42 Å². The molecule has 1 aliphatic heterocycles. The van der Waals surface area contributed by atoms with Crippen molar-refractivity contribution in [2.75, 3.05) is 13.2 Å². The molecule has 2 heterocycles. The number of nitrogens with zero attached hydrogens (tertiary/aromatic N) is 3. The van der Waals surface area contributed by atoms with E-state index in [4.69, 9.17) is 4.74 Å². The van der Waals surface area contributed by atoms with Gasteiger partial charge in [-0.2, -0.15) is 0 Å². The quantitative estimate of drug-likeness (QED) is 0.427. The second-order valence-electron chi connectivity index (χ2n) is 6.01. The molecule has 0 aliphatic carbocycles. The van der Waals surface area contributed by atoms with Crippen LogP contribution in [0.4, 0.5) is 0 Å². The average Bonchev–Trinajstić information content (AvgIpc) is 3.22. The molecule has 0 bridgehead atoms. The molecule has 0 spiro atoms. The predicted octanol–water partition coefficient (Wildman–Crippen LogP) is 0.816. The molecule has 0 saturated heterocycles. The van der Waals surface area contributed by atoms with Crippen LogP contribution in [0.15, 0.2) is 69.1 Å². The number of carbonyl (C=O) groups excluding carboxylic acids is 2. The van der Waals surface area contributed by atoms with E-state index in [0.717, 1.165) is 4.90 Å². The number of ether oxygens (including phenoxy) is 1. The number of hydrogen-bond acceptors (Lipinski definition) is 8. The Morgan fingerprint density at radius 2 is 1.59 bits per heavy atom. The van der Waals surface area contributed by atoms with Crippen molar-refractivity contribution in [2.45, 2.75) is 9.92 Å². The molecule has 148 valence electrons. The van der Waals surface area contributed by atoms with E-state index in [9.17, 15) is 23.2 Å². The Labute approximate surface area is 164 Å². The first kappa shape index (κ1) is 18.6. The lowest BCUT2D eigenvalue weighted by atomic mass is 10.1. The normalized spacial score (nSPS) is 13.6. The van der Waals surface area contributed by atoms with Gasteiger partial charge in [0.1, 0.15) is 6.61 Å². The fourth-order valence-electron chi connectivity index (χ4n) is 2.92. The first-order valence-corrected chi connectivity index (χ1v) is 9.87. The summed E-state index contributed by atoms with van der Waals surface area (Å²) < 4.78 is 35.0. The van der Waals surface area contributed by atoms with Gasteiger partial charge in [0.25, 0.3) is 21.7 Å². The van der Waals surface area contributed by atoms with Gasteiger partial charge < -0.3 is 9.94 Å². The van der Waals surface area contributed by atoms with Gasteiger partial charge in [-0.3, -0.25) is 19.1 Å². The molecule has 1 aromatic heterocycles. The van der Waals surface area contributed by atoms with E-state index in [1.807, 2.05) is 0 Å². The Bertz CT molecular complexity index is 1170. The molecule has 4 rings (SSSR count). The van der Waals surface area contributed by atoms with E-state index in [-0.39, 0.29) is 34.1 Å². The predicted molar refractivity (Wildman–Crippen MR) is 94.7 cm³/mol. The Kier molecular flexibility index (Phi) is 4.51. The Morgan fingerprint density at radius 1 is 1.00 bits per heavy atom. The number of imide groups is 1. The summed E-state index contributed by atoms with van der Waals surface area (Å²) in [5.41, 5.74) is 0.562. The van der Waals surface area contributed by atoms with Gasteiger partial charge in [0.05, 0.1) is 27.7 Å². The fraction of sp³-hybridized carbons (Fsp3) is 0.111. The summed E-state index contributed by atoms with van der Waals surface area (Å²) in [7, 11) is -4.25. The van der Waals surface area contributed by atoms with Crippen LogP contribution in [0.1, 0.15) is 20.7 Å². The van der Waals surface area contributed by atoms with Crippen LogP contribution in [0.3, 0.4) is 0 Å². The number of carbonyl (C=O) groups is 2. The molecule has 0 N–H and O–H groups in total. The second kappa shape index (κ2) is 7.02. The van der Waals surface area contributed by atoms with Crippen LogP contribution >= 0.6 is 0 Å². The van der Waals surface area contributed by atoms with E-state index >= 15 is 0 Å². The zero-order valence-electron chi connectivity index (χ0n) is 14.7. The van der Waals surface area contributed by atoms with Crippen LogP contribution in [-0.2, 0) is 9.84 Å². The van der Waals surface area contributed by atoms with E-state index in [1.54, 1.807) is 30.3 Å². The number of aromatic nitrogens is 2. The van der Waals surface area contributed by atoms with Crippen molar-refractivity contribution in [3.63, 3.8) is 0 Å². The van der Waals surface area contributed by atoms with Crippen molar-refractivity contribution in [1.82, 2.24) is 10.1 Å². The third-order valence-corrected chi connectivity index (χ3v) is 6.01. The molecule has 2 aromatic carbocycles. The van der Waals surface area contributed by atoms with Gasteiger partial charge in [-0.1, -0.05) is 30.3 Å². The number of fused-ring (bicyclic) bond motifs is 1. The third kappa shape index (κ3) is 3.10. The van der Waals surface area contributed by atoms with Crippen LogP contribution in [0.2, 0.25) is 0 Å². The molecule has 0 fully saturated rings. The maximum atomic E-state index is 12.7. The molecule has 0 unspecified atom stereocenters. The van der Waals surface area contributed by atoms with Gasteiger partial charge in [0.2, 0.25) is 0 Å². The number of benzene rings is 2. The number of sulfone groups is 1. The van der Waals surface area contributed by atoms with Crippen LogP contribution in [-0.4, -0.2) is 43.4 Å². The fourth-order valence-corrected chi connectivity index (χ4v) is 4.21. The first-order valence-electron chi connectivity index (χ1n) is 8.39. The maximum Gasteiger partial charge on any atom is 0.415 e. The molecule has 29 heavy (non-hydrogen) atoms. The lowest BCUT2D eigenvalue weighted by Crippen LogP contribution is -2.34. The minimum atomic E-state index is -4.25. The maximum absolute atomic E-state index is 12.7. The Morgan fingerprint density at radius 3 is 2.21 bits per heavy atom. The topological polar surface area (TPSA) is 134 Å². The highest BCUT2D eigenvalue weighted by Crippen LogP contribution is 2.25. The summed E-state index contributed by atoms with van der Waals surface area (Å²) in [6.45, 7) is -0.446. The molecule has 3 aromatic rings.